The highest BCUT2D eigenvalue weighted by atomic mass is 16.5. The van der Waals surface area contributed by atoms with Gasteiger partial charge >= 0.3 is 0 Å². The van der Waals surface area contributed by atoms with Crippen LogP contribution in [0.25, 0.3) is 0 Å². The molecule has 0 bridgehead atoms. The van der Waals surface area contributed by atoms with Crippen molar-refractivity contribution >= 4 is 0 Å². The third-order valence-electron chi connectivity index (χ3n) is 2.78. The number of aromatic amines is 1. The number of hydrogen-bond acceptors (Lipinski definition) is 3. The minimum Gasteiger partial charge on any atom is -0.489 e. The van der Waals surface area contributed by atoms with Gasteiger partial charge < -0.3 is 9.72 Å². The van der Waals surface area contributed by atoms with Crippen LogP contribution < -0.4 is 10.3 Å². The van der Waals surface area contributed by atoms with Crippen molar-refractivity contribution in [3.63, 3.8) is 0 Å². The van der Waals surface area contributed by atoms with Gasteiger partial charge in [-0.1, -0.05) is 17.7 Å². The minimum atomic E-state index is -0.370. The van der Waals surface area contributed by atoms with Crippen molar-refractivity contribution in [2.75, 3.05) is 0 Å². The Hall–Kier alpha value is -2.54. The highest BCUT2D eigenvalue weighted by Gasteiger charge is 2.08. The predicted molar refractivity (Wildman–Crippen MR) is 72.0 cm³/mol. The first-order valence-corrected chi connectivity index (χ1v) is 5.92. The summed E-state index contributed by atoms with van der Waals surface area (Å²) in [6.45, 7) is 3.98. The van der Waals surface area contributed by atoms with E-state index in [2.05, 4.69) is 4.98 Å². The standard InChI is InChI=1S/C15H14N2O2/c1-10-3-5-13(6-4-10)19-9-12-7-11(2)17-15(18)14(12)8-16/h3-7H,9H2,1-2H3,(H,17,18). The summed E-state index contributed by atoms with van der Waals surface area (Å²) in [4.78, 5) is 14.2. The van der Waals surface area contributed by atoms with Gasteiger partial charge in [-0.15, -0.1) is 0 Å². The average molecular weight is 254 g/mol. The Morgan fingerprint density at radius 1 is 1.26 bits per heavy atom. The maximum Gasteiger partial charge on any atom is 0.266 e. The lowest BCUT2D eigenvalue weighted by Gasteiger charge is -2.08. The number of pyridine rings is 1. The highest BCUT2D eigenvalue weighted by Crippen LogP contribution is 2.14. The Morgan fingerprint density at radius 2 is 1.95 bits per heavy atom. The van der Waals surface area contributed by atoms with Gasteiger partial charge in [0.1, 0.15) is 24.0 Å². The van der Waals surface area contributed by atoms with Crippen LogP contribution in [0.4, 0.5) is 0 Å². The lowest BCUT2D eigenvalue weighted by atomic mass is 10.1. The molecular formula is C15H14N2O2. The van der Waals surface area contributed by atoms with E-state index < -0.39 is 0 Å². The zero-order chi connectivity index (χ0) is 13.8. The zero-order valence-electron chi connectivity index (χ0n) is 10.9. The molecule has 1 heterocycles. The summed E-state index contributed by atoms with van der Waals surface area (Å²) >= 11 is 0. The van der Waals surface area contributed by atoms with Crippen LogP contribution in [0.3, 0.4) is 0 Å². The molecule has 0 saturated carbocycles. The predicted octanol–water partition coefficient (Wildman–Crippen LogP) is 2.44. The second kappa shape index (κ2) is 5.40. The molecule has 4 nitrogen and oxygen atoms in total. The van der Waals surface area contributed by atoms with Crippen LogP contribution in [-0.4, -0.2) is 4.98 Å². The van der Waals surface area contributed by atoms with E-state index in [9.17, 15) is 4.79 Å². The van der Waals surface area contributed by atoms with Crippen molar-refractivity contribution in [1.29, 1.82) is 5.26 Å². The zero-order valence-corrected chi connectivity index (χ0v) is 10.9. The van der Waals surface area contributed by atoms with Crippen LogP contribution >= 0.6 is 0 Å². The number of nitriles is 1. The molecule has 19 heavy (non-hydrogen) atoms. The average Bonchev–Trinajstić information content (AvgIpc) is 2.37. The van der Waals surface area contributed by atoms with Gasteiger partial charge in [0.15, 0.2) is 0 Å². The van der Waals surface area contributed by atoms with Crippen molar-refractivity contribution in [3.05, 3.63) is 63.1 Å². The van der Waals surface area contributed by atoms with E-state index in [-0.39, 0.29) is 17.7 Å². The largest absolute Gasteiger partial charge is 0.489 e. The van der Waals surface area contributed by atoms with Gasteiger partial charge in [0.05, 0.1) is 0 Å². The summed E-state index contributed by atoms with van der Waals surface area (Å²) in [5.74, 6) is 0.715. The van der Waals surface area contributed by atoms with E-state index in [4.69, 9.17) is 10.00 Å². The molecule has 0 atom stereocenters. The van der Waals surface area contributed by atoms with Gasteiger partial charge in [0.25, 0.3) is 5.56 Å². The number of nitrogens with zero attached hydrogens (tertiary/aromatic N) is 1. The summed E-state index contributed by atoms with van der Waals surface area (Å²) in [6.07, 6.45) is 0. The van der Waals surface area contributed by atoms with Crippen molar-refractivity contribution < 1.29 is 4.74 Å². The van der Waals surface area contributed by atoms with E-state index in [1.165, 1.54) is 0 Å². The fraction of sp³-hybridized carbons (Fsp3) is 0.200. The monoisotopic (exact) mass is 254 g/mol. The Balaban J connectivity index is 2.22. The number of aromatic nitrogens is 1. The number of nitrogens with one attached hydrogen (secondary N) is 1. The number of H-pyrrole nitrogens is 1. The molecule has 0 radical (unpaired) electrons. The molecule has 2 aromatic rings. The Kier molecular flexibility index (Phi) is 3.67. The van der Waals surface area contributed by atoms with Crippen LogP contribution in [0.5, 0.6) is 5.75 Å². The Bertz CT molecular complexity index is 679. The van der Waals surface area contributed by atoms with Gasteiger partial charge in [0, 0.05) is 11.3 Å². The topological polar surface area (TPSA) is 65.9 Å². The van der Waals surface area contributed by atoms with Crippen LogP contribution in [0.15, 0.2) is 35.1 Å². The first kappa shape index (κ1) is 12.9. The molecule has 2 rings (SSSR count). The number of benzene rings is 1. The highest BCUT2D eigenvalue weighted by molar-refractivity contribution is 5.36. The maximum absolute atomic E-state index is 11.6. The first-order valence-electron chi connectivity index (χ1n) is 5.92. The number of rotatable bonds is 3. The molecule has 1 aromatic carbocycles. The van der Waals surface area contributed by atoms with E-state index in [1.54, 1.807) is 13.0 Å². The Labute approximate surface area is 111 Å². The summed E-state index contributed by atoms with van der Waals surface area (Å²) in [6, 6.07) is 11.3. The van der Waals surface area contributed by atoms with E-state index in [1.807, 2.05) is 37.3 Å². The smallest absolute Gasteiger partial charge is 0.266 e. The van der Waals surface area contributed by atoms with Crippen LogP contribution in [0.2, 0.25) is 0 Å². The summed E-state index contributed by atoms with van der Waals surface area (Å²) in [5.41, 5.74) is 2.20. The molecule has 0 amide bonds. The van der Waals surface area contributed by atoms with Gasteiger partial charge in [-0.3, -0.25) is 4.79 Å². The molecule has 0 aliphatic heterocycles. The third-order valence-corrected chi connectivity index (χ3v) is 2.78. The number of ether oxygens (including phenoxy) is 1. The molecule has 1 aromatic heterocycles. The molecular weight excluding hydrogens is 240 g/mol. The third kappa shape index (κ3) is 3.02. The maximum atomic E-state index is 11.6. The van der Waals surface area contributed by atoms with Gasteiger partial charge in [-0.2, -0.15) is 5.26 Å². The van der Waals surface area contributed by atoms with Crippen molar-refractivity contribution in [1.82, 2.24) is 4.98 Å². The molecule has 0 fully saturated rings. The first-order chi connectivity index (χ1) is 9.10. The second-order valence-corrected chi connectivity index (χ2v) is 4.40. The summed E-state index contributed by atoms with van der Waals surface area (Å²) in [7, 11) is 0. The fourth-order valence-corrected chi connectivity index (χ4v) is 1.79. The van der Waals surface area contributed by atoms with Crippen molar-refractivity contribution in [2.45, 2.75) is 20.5 Å². The molecule has 0 saturated heterocycles. The van der Waals surface area contributed by atoms with E-state index in [0.29, 0.717) is 17.0 Å². The lowest BCUT2D eigenvalue weighted by Crippen LogP contribution is -2.15. The molecule has 0 spiro atoms. The van der Waals surface area contributed by atoms with Gasteiger partial charge in [0.2, 0.25) is 0 Å². The molecule has 4 heteroatoms. The SMILES string of the molecule is Cc1ccc(OCc2cc(C)[nH]c(=O)c2C#N)cc1. The second-order valence-electron chi connectivity index (χ2n) is 4.40. The van der Waals surface area contributed by atoms with E-state index >= 15 is 0 Å². The minimum absolute atomic E-state index is 0.109. The molecule has 0 unspecified atom stereocenters. The molecule has 96 valence electrons. The Morgan fingerprint density at radius 3 is 2.58 bits per heavy atom. The van der Waals surface area contributed by atoms with Crippen LogP contribution in [0.1, 0.15) is 22.4 Å². The molecule has 0 aliphatic rings. The number of hydrogen-bond donors (Lipinski definition) is 1. The normalized spacial score (nSPS) is 9.95. The fourth-order valence-electron chi connectivity index (χ4n) is 1.79. The van der Waals surface area contributed by atoms with Crippen molar-refractivity contribution in [3.8, 4) is 11.8 Å². The molecule has 0 aliphatic carbocycles. The lowest BCUT2D eigenvalue weighted by molar-refractivity contribution is 0.305. The van der Waals surface area contributed by atoms with Crippen molar-refractivity contribution in [2.24, 2.45) is 0 Å². The summed E-state index contributed by atoms with van der Waals surface area (Å²) in [5, 5.41) is 9.00. The van der Waals surface area contributed by atoms with E-state index in [0.717, 1.165) is 5.56 Å². The van der Waals surface area contributed by atoms with Crippen LogP contribution in [-0.2, 0) is 6.61 Å². The van der Waals surface area contributed by atoms with Gasteiger partial charge in [-0.25, -0.2) is 0 Å². The quantitative estimate of drug-likeness (QED) is 0.914. The van der Waals surface area contributed by atoms with Crippen LogP contribution in [0, 0.1) is 25.2 Å². The number of aryl methyl sites for hydroxylation is 2. The summed E-state index contributed by atoms with van der Waals surface area (Å²) < 4.78 is 5.60. The van der Waals surface area contributed by atoms with Gasteiger partial charge in [-0.05, 0) is 32.0 Å². The molecule has 1 N–H and O–H groups in total.